The Hall–Kier alpha value is -1.46. The van der Waals surface area contributed by atoms with E-state index in [9.17, 15) is 4.79 Å². The molecule has 0 aromatic carbocycles. The highest BCUT2D eigenvalue weighted by Gasteiger charge is 2.42. The number of ether oxygens (including phenoxy) is 1. The minimum atomic E-state index is -0.260. The number of piperidine rings is 1. The fraction of sp³-hybridized carbons (Fsp3) is 0.684. The van der Waals surface area contributed by atoms with Gasteiger partial charge in [-0.05, 0) is 50.8 Å². The lowest BCUT2D eigenvalue weighted by atomic mass is 9.74. The van der Waals surface area contributed by atoms with Crippen molar-refractivity contribution < 1.29 is 9.53 Å². The largest absolute Gasteiger partial charge is 0.383 e. The van der Waals surface area contributed by atoms with Gasteiger partial charge < -0.3 is 9.64 Å². The molecule has 1 aliphatic rings. The Bertz CT molecular complexity index is 507. The van der Waals surface area contributed by atoms with Gasteiger partial charge in [0.05, 0.1) is 12.0 Å². The zero-order chi connectivity index (χ0) is 17.4. The molecule has 1 aliphatic heterocycles. The number of amides is 1. The summed E-state index contributed by atoms with van der Waals surface area (Å²) in [5, 5.41) is 0. The molecule has 134 valence electrons. The summed E-state index contributed by atoms with van der Waals surface area (Å²) >= 11 is 0. The maximum atomic E-state index is 12.9. The van der Waals surface area contributed by atoms with Crippen LogP contribution in [-0.2, 0) is 16.0 Å². The van der Waals surface area contributed by atoms with E-state index >= 15 is 0 Å². The fourth-order valence-corrected chi connectivity index (χ4v) is 3.75. The summed E-state index contributed by atoms with van der Waals surface area (Å²) < 4.78 is 5.21. The topological polar surface area (TPSA) is 45.7 Å². The van der Waals surface area contributed by atoms with E-state index in [-0.39, 0.29) is 11.3 Å². The van der Waals surface area contributed by atoms with Crippen LogP contribution in [0.4, 0.5) is 0 Å². The molecule has 0 N–H and O–H groups in total. The van der Waals surface area contributed by atoms with Gasteiger partial charge in [-0.1, -0.05) is 6.07 Å². The normalized spacial score (nSPS) is 21.6. The van der Waals surface area contributed by atoms with Crippen molar-refractivity contribution in [1.29, 1.82) is 0 Å². The summed E-state index contributed by atoms with van der Waals surface area (Å²) in [6.07, 6.45) is 6.74. The van der Waals surface area contributed by atoms with Crippen LogP contribution in [0, 0.1) is 5.41 Å². The molecule has 24 heavy (non-hydrogen) atoms. The van der Waals surface area contributed by atoms with Crippen LogP contribution in [0.2, 0.25) is 0 Å². The standard InChI is InChI=1S/C19H31N3O2/c1-21(2)18(23)19(10-6-9-17-8-4-5-12-20-17)11-7-13-22(16-19)14-15-24-3/h4-5,8,12H,6-7,9-11,13-16H2,1-3H3/t19-/m1/s1. The SMILES string of the molecule is COCCN1CCC[C@@](CCCc2ccccn2)(C(=O)N(C)C)C1. The Morgan fingerprint density at radius 3 is 2.92 bits per heavy atom. The van der Waals surface area contributed by atoms with Crippen LogP contribution in [0.25, 0.3) is 0 Å². The van der Waals surface area contributed by atoms with Gasteiger partial charge in [-0.15, -0.1) is 0 Å². The molecule has 1 amide bonds. The summed E-state index contributed by atoms with van der Waals surface area (Å²) in [5.41, 5.74) is 0.849. The Labute approximate surface area is 146 Å². The second-order valence-electron chi connectivity index (χ2n) is 7.03. The van der Waals surface area contributed by atoms with Gasteiger partial charge in [0, 0.05) is 46.2 Å². The van der Waals surface area contributed by atoms with Crippen LogP contribution >= 0.6 is 0 Å². The van der Waals surface area contributed by atoms with Gasteiger partial charge in [0.25, 0.3) is 0 Å². The van der Waals surface area contributed by atoms with E-state index in [1.165, 1.54) is 0 Å². The van der Waals surface area contributed by atoms with Crippen LogP contribution in [0.5, 0.6) is 0 Å². The van der Waals surface area contributed by atoms with Gasteiger partial charge >= 0.3 is 0 Å². The molecule has 1 aromatic heterocycles. The third-order valence-corrected chi connectivity index (χ3v) is 4.94. The quantitative estimate of drug-likeness (QED) is 0.732. The van der Waals surface area contributed by atoms with E-state index in [1.807, 2.05) is 32.4 Å². The van der Waals surface area contributed by atoms with E-state index in [2.05, 4.69) is 16.0 Å². The maximum Gasteiger partial charge on any atom is 0.229 e. The van der Waals surface area contributed by atoms with Crippen molar-refractivity contribution in [2.24, 2.45) is 5.41 Å². The van der Waals surface area contributed by atoms with Gasteiger partial charge in [-0.3, -0.25) is 14.7 Å². The Morgan fingerprint density at radius 2 is 2.25 bits per heavy atom. The van der Waals surface area contributed by atoms with Crippen molar-refractivity contribution in [3.8, 4) is 0 Å². The van der Waals surface area contributed by atoms with E-state index in [4.69, 9.17) is 4.74 Å². The predicted molar refractivity (Wildman–Crippen MR) is 95.9 cm³/mol. The van der Waals surface area contributed by atoms with E-state index < -0.39 is 0 Å². The number of methoxy groups -OCH3 is 1. The van der Waals surface area contributed by atoms with Crippen molar-refractivity contribution in [2.75, 3.05) is 47.4 Å². The lowest BCUT2D eigenvalue weighted by Gasteiger charge is -2.43. The highest BCUT2D eigenvalue weighted by atomic mass is 16.5. The molecule has 1 fully saturated rings. The molecular weight excluding hydrogens is 302 g/mol. The van der Waals surface area contributed by atoms with Crippen LogP contribution in [-0.4, -0.2) is 68.1 Å². The third-order valence-electron chi connectivity index (χ3n) is 4.94. The Morgan fingerprint density at radius 1 is 1.42 bits per heavy atom. The molecule has 1 aromatic rings. The van der Waals surface area contributed by atoms with E-state index in [0.29, 0.717) is 0 Å². The van der Waals surface area contributed by atoms with Crippen LogP contribution < -0.4 is 0 Å². The second-order valence-corrected chi connectivity index (χ2v) is 7.03. The van der Waals surface area contributed by atoms with E-state index in [0.717, 1.165) is 64.0 Å². The molecule has 0 aliphatic carbocycles. The lowest BCUT2D eigenvalue weighted by Crippen LogP contribution is -2.52. The smallest absolute Gasteiger partial charge is 0.229 e. The minimum absolute atomic E-state index is 0.260. The molecule has 0 saturated carbocycles. The van der Waals surface area contributed by atoms with Gasteiger partial charge in [-0.2, -0.15) is 0 Å². The molecule has 1 saturated heterocycles. The van der Waals surface area contributed by atoms with Gasteiger partial charge in [-0.25, -0.2) is 0 Å². The summed E-state index contributed by atoms with van der Waals surface area (Å²) in [5.74, 6) is 0.269. The zero-order valence-electron chi connectivity index (χ0n) is 15.3. The first-order chi connectivity index (χ1) is 11.6. The lowest BCUT2D eigenvalue weighted by molar-refractivity contribution is -0.144. The predicted octanol–water partition coefficient (Wildman–Crippen LogP) is 2.22. The molecule has 0 spiro atoms. The van der Waals surface area contributed by atoms with Crippen molar-refractivity contribution in [3.05, 3.63) is 30.1 Å². The fourth-order valence-electron chi connectivity index (χ4n) is 3.75. The molecular formula is C19H31N3O2. The number of likely N-dealkylation sites (tertiary alicyclic amines) is 1. The highest BCUT2D eigenvalue weighted by Crippen LogP contribution is 2.36. The monoisotopic (exact) mass is 333 g/mol. The Balaban J connectivity index is 2.01. The Kier molecular flexibility index (Phi) is 7.18. The molecule has 5 heteroatoms. The number of pyridine rings is 1. The van der Waals surface area contributed by atoms with Crippen molar-refractivity contribution in [2.45, 2.75) is 32.1 Å². The van der Waals surface area contributed by atoms with Crippen molar-refractivity contribution in [3.63, 3.8) is 0 Å². The van der Waals surface area contributed by atoms with E-state index in [1.54, 1.807) is 12.0 Å². The zero-order valence-corrected chi connectivity index (χ0v) is 15.3. The average Bonchev–Trinajstić information content (AvgIpc) is 2.60. The first-order valence-corrected chi connectivity index (χ1v) is 8.90. The number of hydrogen-bond donors (Lipinski definition) is 0. The first-order valence-electron chi connectivity index (χ1n) is 8.90. The van der Waals surface area contributed by atoms with Gasteiger partial charge in [0.2, 0.25) is 5.91 Å². The summed E-state index contributed by atoms with van der Waals surface area (Å²) in [6.45, 7) is 3.53. The molecule has 2 rings (SSSR count). The van der Waals surface area contributed by atoms with Crippen LogP contribution in [0.1, 0.15) is 31.4 Å². The first kappa shape index (κ1) is 18.9. The number of aromatic nitrogens is 1. The van der Waals surface area contributed by atoms with Crippen LogP contribution in [0.3, 0.4) is 0 Å². The maximum absolute atomic E-state index is 12.9. The second kappa shape index (κ2) is 9.14. The summed E-state index contributed by atoms with van der Waals surface area (Å²) in [6, 6.07) is 6.03. The number of carbonyl (C=O) groups is 1. The molecule has 0 unspecified atom stereocenters. The van der Waals surface area contributed by atoms with Gasteiger partial charge in [0.15, 0.2) is 0 Å². The van der Waals surface area contributed by atoms with Gasteiger partial charge in [0.1, 0.15) is 0 Å². The number of aryl methyl sites for hydroxylation is 1. The number of hydrogen-bond acceptors (Lipinski definition) is 4. The third kappa shape index (κ3) is 5.02. The number of carbonyl (C=O) groups excluding carboxylic acids is 1. The molecule has 0 bridgehead atoms. The minimum Gasteiger partial charge on any atom is -0.383 e. The number of nitrogens with zero attached hydrogens (tertiary/aromatic N) is 3. The van der Waals surface area contributed by atoms with Crippen molar-refractivity contribution in [1.82, 2.24) is 14.8 Å². The average molecular weight is 333 g/mol. The number of rotatable bonds is 8. The molecule has 5 nitrogen and oxygen atoms in total. The summed E-state index contributed by atoms with van der Waals surface area (Å²) in [4.78, 5) is 21.5. The summed E-state index contributed by atoms with van der Waals surface area (Å²) in [7, 11) is 5.48. The van der Waals surface area contributed by atoms with Crippen molar-refractivity contribution >= 4 is 5.91 Å². The molecule has 0 radical (unpaired) electrons. The van der Waals surface area contributed by atoms with Crippen LogP contribution in [0.15, 0.2) is 24.4 Å². The molecule has 1 atom stereocenters. The molecule has 2 heterocycles. The highest BCUT2D eigenvalue weighted by molar-refractivity contribution is 5.82.